The van der Waals surface area contributed by atoms with Crippen molar-refractivity contribution in [1.82, 2.24) is 4.90 Å². The van der Waals surface area contributed by atoms with Crippen molar-refractivity contribution in [2.45, 2.75) is 19.3 Å². The summed E-state index contributed by atoms with van der Waals surface area (Å²) in [6, 6.07) is 12.3. The fourth-order valence-electron chi connectivity index (χ4n) is 3.77. The Morgan fingerprint density at radius 2 is 1.57 bits per heavy atom. The van der Waals surface area contributed by atoms with Gasteiger partial charge in [0.25, 0.3) is 0 Å². The fraction of sp³-hybridized carbons (Fsp3) is 0.409. The number of anilines is 1. The van der Waals surface area contributed by atoms with E-state index in [9.17, 15) is 9.18 Å². The van der Waals surface area contributed by atoms with Gasteiger partial charge in [0.2, 0.25) is 5.91 Å². The number of rotatable bonds is 3. The smallest absolute Gasteiger partial charge is 0.232 e. The maximum Gasteiger partial charge on any atom is 0.232 e. The van der Waals surface area contributed by atoms with E-state index in [1.807, 2.05) is 36.9 Å². The quantitative estimate of drug-likeness (QED) is 0.815. The van der Waals surface area contributed by atoms with Crippen LogP contribution in [0.15, 0.2) is 42.5 Å². The van der Waals surface area contributed by atoms with Gasteiger partial charge in [-0.1, -0.05) is 6.07 Å². The molecule has 2 aromatic carbocycles. The molecule has 0 N–H and O–H groups in total. The van der Waals surface area contributed by atoms with Gasteiger partial charge >= 0.3 is 0 Å². The van der Waals surface area contributed by atoms with Gasteiger partial charge in [-0.05, 0) is 55.8 Å². The van der Waals surface area contributed by atoms with Gasteiger partial charge in [0.15, 0.2) is 11.5 Å². The molecule has 0 aromatic heterocycles. The molecule has 5 nitrogen and oxygen atoms in total. The number of carbonyl (C=O) groups is 1. The molecule has 2 heterocycles. The van der Waals surface area contributed by atoms with Crippen molar-refractivity contribution in [2.75, 3.05) is 44.3 Å². The zero-order valence-corrected chi connectivity index (χ0v) is 16.3. The summed E-state index contributed by atoms with van der Waals surface area (Å²) in [4.78, 5) is 17.4. The van der Waals surface area contributed by atoms with Gasteiger partial charge in [-0.2, -0.15) is 0 Å². The van der Waals surface area contributed by atoms with Gasteiger partial charge in [-0.15, -0.1) is 0 Å². The molecule has 0 saturated carbocycles. The van der Waals surface area contributed by atoms with E-state index in [4.69, 9.17) is 9.47 Å². The Labute approximate surface area is 164 Å². The molecule has 2 aliphatic rings. The van der Waals surface area contributed by atoms with Crippen LogP contribution in [0, 0.1) is 5.82 Å². The van der Waals surface area contributed by atoms with E-state index in [0.29, 0.717) is 32.1 Å². The molecular formula is C22H25FN2O3. The molecule has 0 radical (unpaired) electrons. The van der Waals surface area contributed by atoms with Gasteiger partial charge < -0.3 is 19.3 Å². The highest BCUT2D eigenvalue weighted by molar-refractivity contribution is 5.88. The lowest BCUT2D eigenvalue weighted by molar-refractivity contribution is -0.136. The predicted molar refractivity (Wildman–Crippen MR) is 106 cm³/mol. The summed E-state index contributed by atoms with van der Waals surface area (Å²) in [6.45, 7) is 7.72. The fourth-order valence-corrected chi connectivity index (χ4v) is 3.77. The third kappa shape index (κ3) is 3.51. The molecule has 28 heavy (non-hydrogen) atoms. The molecule has 148 valence electrons. The molecule has 0 unspecified atom stereocenters. The summed E-state index contributed by atoms with van der Waals surface area (Å²) in [6.07, 6.45) is 0. The Hall–Kier alpha value is -2.76. The molecule has 2 aliphatic heterocycles. The Morgan fingerprint density at radius 1 is 0.929 bits per heavy atom. The second-order valence-electron chi connectivity index (χ2n) is 7.74. The highest BCUT2D eigenvalue weighted by atomic mass is 19.1. The molecule has 0 atom stereocenters. The van der Waals surface area contributed by atoms with E-state index in [2.05, 4.69) is 4.90 Å². The maximum absolute atomic E-state index is 13.3. The zero-order chi connectivity index (χ0) is 19.7. The first-order valence-corrected chi connectivity index (χ1v) is 9.65. The first-order chi connectivity index (χ1) is 13.4. The van der Waals surface area contributed by atoms with Crippen LogP contribution in [0.25, 0.3) is 0 Å². The van der Waals surface area contributed by atoms with Crippen LogP contribution in [-0.2, 0) is 10.2 Å². The van der Waals surface area contributed by atoms with Crippen LogP contribution in [0.1, 0.15) is 19.4 Å². The lowest BCUT2D eigenvalue weighted by Gasteiger charge is -2.39. The molecule has 0 bridgehead atoms. The van der Waals surface area contributed by atoms with Crippen LogP contribution < -0.4 is 14.4 Å². The van der Waals surface area contributed by atoms with Gasteiger partial charge in [0.1, 0.15) is 19.0 Å². The highest BCUT2D eigenvalue weighted by Gasteiger charge is 2.36. The van der Waals surface area contributed by atoms with Crippen molar-refractivity contribution in [3.8, 4) is 11.5 Å². The van der Waals surface area contributed by atoms with Crippen molar-refractivity contribution in [2.24, 2.45) is 0 Å². The SMILES string of the molecule is CC(C)(C(=O)N1CCN(c2ccc(F)cc2)CC1)c1ccc2c(c1)OCCO2. The van der Waals surface area contributed by atoms with Crippen molar-refractivity contribution in [3.05, 3.63) is 53.8 Å². The molecule has 0 aliphatic carbocycles. The van der Waals surface area contributed by atoms with Gasteiger partial charge in [0.05, 0.1) is 5.41 Å². The maximum atomic E-state index is 13.3. The summed E-state index contributed by atoms with van der Waals surface area (Å²) in [5.41, 5.74) is 1.25. The van der Waals surface area contributed by atoms with Crippen molar-refractivity contribution in [3.63, 3.8) is 0 Å². The number of amides is 1. The summed E-state index contributed by atoms with van der Waals surface area (Å²) >= 11 is 0. The Bertz CT molecular complexity index is 859. The first kappa shape index (κ1) is 18.6. The number of fused-ring (bicyclic) bond motifs is 1. The number of benzene rings is 2. The van der Waals surface area contributed by atoms with E-state index < -0.39 is 5.41 Å². The number of carbonyl (C=O) groups excluding carboxylic acids is 1. The minimum Gasteiger partial charge on any atom is -0.486 e. The minimum atomic E-state index is -0.659. The number of hydrogen-bond donors (Lipinski definition) is 0. The number of nitrogens with zero attached hydrogens (tertiary/aromatic N) is 2. The Kier molecular flexibility index (Phi) is 4.87. The van der Waals surface area contributed by atoms with Crippen LogP contribution >= 0.6 is 0 Å². The normalized spacial score (nSPS) is 16.8. The van der Waals surface area contributed by atoms with E-state index in [1.54, 1.807) is 12.1 Å². The zero-order valence-electron chi connectivity index (χ0n) is 16.3. The minimum absolute atomic E-state index is 0.0999. The van der Waals surface area contributed by atoms with Crippen molar-refractivity contribution < 1.29 is 18.7 Å². The second kappa shape index (κ2) is 7.34. The largest absolute Gasteiger partial charge is 0.486 e. The molecule has 6 heteroatoms. The second-order valence-corrected chi connectivity index (χ2v) is 7.74. The Morgan fingerprint density at radius 3 is 2.25 bits per heavy atom. The molecular weight excluding hydrogens is 359 g/mol. The molecule has 2 aromatic rings. The number of piperazine rings is 1. The molecule has 1 amide bonds. The summed E-state index contributed by atoms with van der Waals surface area (Å²) in [5.74, 6) is 1.29. The average Bonchev–Trinajstić information content (AvgIpc) is 2.73. The van der Waals surface area contributed by atoms with Gasteiger partial charge in [-0.3, -0.25) is 4.79 Å². The number of halogens is 1. The molecule has 1 saturated heterocycles. The lowest BCUT2D eigenvalue weighted by Crippen LogP contribution is -2.53. The van der Waals surface area contributed by atoms with Crippen molar-refractivity contribution in [1.29, 1.82) is 0 Å². The van der Waals surface area contributed by atoms with Gasteiger partial charge in [0, 0.05) is 31.9 Å². The van der Waals surface area contributed by atoms with Crippen LogP contribution in [0.2, 0.25) is 0 Å². The highest BCUT2D eigenvalue weighted by Crippen LogP contribution is 2.36. The molecule has 0 spiro atoms. The van der Waals surface area contributed by atoms with Crippen LogP contribution in [0.4, 0.5) is 10.1 Å². The van der Waals surface area contributed by atoms with E-state index in [0.717, 1.165) is 30.1 Å². The van der Waals surface area contributed by atoms with E-state index in [1.165, 1.54) is 12.1 Å². The molecule has 1 fully saturated rings. The van der Waals surface area contributed by atoms with E-state index in [-0.39, 0.29) is 11.7 Å². The number of hydrogen-bond acceptors (Lipinski definition) is 4. The molecule has 4 rings (SSSR count). The topological polar surface area (TPSA) is 42.0 Å². The monoisotopic (exact) mass is 384 g/mol. The van der Waals surface area contributed by atoms with E-state index >= 15 is 0 Å². The predicted octanol–water partition coefficient (Wildman–Crippen LogP) is 3.22. The van der Waals surface area contributed by atoms with Crippen LogP contribution in [0.5, 0.6) is 11.5 Å². The lowest BCUT2D eigenvalue weighted by atomic mass is 9.82. The average molecular weight is 384 g/mol. The summed E-state index contributed by atoms with van der Waals surface area (Å²) in [5, 5.41) is 0. The number of ether oxygens (including phenoxy) is 2. The van der Waals surface area contributed by atoms with Crippen molar-refractivity contribution >= 4 is 11.6 Å². The Balaban J connectivity index is 1.44. The first-order valence-electron chi connectivity index (χ1n) is 9.65. The standard InChI is InChI=1S/C22H25FN2O3/c1-22(2,16-3-8-19-20(15-16)28-14-13-27-19)21(26)25-11-9-24(10-12-25)18-6-4-17(23)5-7-18/h3-8,15H,9-14H2,1-2H3. The third-order valence-electron chi connectivity index (χ3n) is 5.56. The summed E-state index contributed by atoms with van der Waals surface area (Å²) < 4.78 is 24.4. The van der Waals surface area contributed by atoms with Gasteiger partial charge in [-0.25, -0.2) is 4.39 Å². The third-order valence-corrected chi connectivity index (χ3v) is 5.56. The summed E-state index contributed by atoms with van der Waals surface area (Å²) in [7, 11) is 0. The van der Waals surface area contributed by atoms with Crippen LogP contribution in [0.3, 0.4) is 0 Å². The van der Waals surface area contributed by atoms with Crippen LogP contribution in [-0.4, -0.2) is 50.2 Å².